The summed E-state index contributed by atoms with van der Waals surface area (Å²) in [5, 5.41) is 0. The van der Waals surface area contributed by atoms with Gasteiger partial charge in [-0.15, -0.1) is 0 Å². The summed E-state index contributed by atoms with van der Waals surface area (Å²) in [5.41, 5.74) is -0.463. The largest absolute Gasteiger partial charge is 0.487 e. The number of halogens is 5. The van der Waals surface area contributed by atoms with Crippen molar-refractivity contribution in [3.8, 4) is 17.4 Å². The zero-order valence-electron chi connectivity index (χ0n) is 17.7. The summed E-state index contributed by atoms with van der Waals surface area (Å²) < 4.78 is 75.7. The van der Waals surface area contributed by atoms with E-state index in [9.17, 15) is 26.7 Å². The molecule has 0 atom stereocenters. The Hall–Kier alpha value is -3.69. The minimum Gasteiger partial charge on any atom is -0.487 e. The Balaban J connectivity index is 1.30. The molecule has 0 N–H and O–H groups in total. The van der Waals surface area contributed by atoms with Gasteiger partial charge >= 0.3 is 6.18 Å². The van der Waals surface area contributed by atoms with Crippen LogP contribution in [-0.4, -0.2) is 35.0 Å². The number of ether oxygens (including phenoxy) is 2. The fourth-order valence-corrected chi connectivity index (χ4v) is 3.50. The first-order valence-corrected chi connectivity index (χ1v) is 10.4. The minimum absolute atomic E-state index is 0.00765. The van der Waals surface area contributed by atoms with Gasteiger partial charge in [0.05, 0.1) is 5.56 Å². The number of amides is 1. The quantitative estimate of drug-likeness (QED) is 0.432. The Bertz CT molecular complexity index is 1140. The van der Waals surface area contributed by atoms with E-state index in [0.29, 0.717) is 43.4 Å². The molecule has 5 nitrogen and oxygen atoms in total. The number of alkyl halides is 3. The van der Waals surface area contributed by atoms with Gasteiger partial charge in [0.25, 0.3) is 5.91 Å². The monoisotopic (exact) mass is 478 g/mol. The van der Waals surface area contributed by atoms with E-state index in [-0.39, 0.29) is 23.6 Å². The lowest BCUT2D eigenvalue weighted by atomic mass is 10.1. The molecule has 1 amide bonds. The van der Waals surface area contributed by atoms with Crippen LogP contribution in [0.3, 0.4) is 0 Å². The van der Waals surface area contributed by atoms with Crippen LogP contribution < -0.4 is 9.47 Å². The Morgan fingerprint density at radius 3 is 2.26 bits per heavy atom. The molecule has 0 spiro atoms. The molecule has 2 heterocycles. The lowest BCUT2D eigenvalue weighted by Crippen LogP contribution is -2.41. The van der Waals surface area contributed by atoms with E-state index in [4.69, 9.17) is 9.47 Å². The summed E-state index contributed by atoms with van der Waals surface area (Å²) in [6, 6.07) is 11.3. The van der Waals surface area contributed by atoms with E-state index in [2.05, 4.69) is 4.98 Å². The van der Waals surface area contributed by atoms with Crippen molar-refractivity contribution in [3.63, 3.8) is 0 Å². The topological polar surface area (TPSA) is 51.7 Å². The molecule has 3 aromatic rings. The van der Waals surface area contributed by atoms with Gasteiger partial charge in [0.1, 0.15) is 17.7 Å². The molecular weight excluding hydrogens is 459 g/mol. The highest BCUT2D eigenvalue weighted by molar-refractivity contribution is 5.94. The predicted molar refractivity (Wildman–Crippen MR) is 112 cm³/mol. The number of benzene rings is 2. The molecule has 2 aromatic carbocycles. The molecule has 0 radical (unpaired) electrons. The van der Waals surface area contributed by atoms with E-state index < -0.39 is 23.4 Å². The van der Waals surface area contributed by atoms with Crippen molar-refractivity contribution in [2.75, 3.05) is 13.1 Å². The second-order valence-electron chi connectivity index (χ2n) is 7.69. The van der Waals surface area contributed by atoms with Crippen LogP contribution in [0, 0.1) is 11.6 Å². The maximum Gasteiger partial charge on any atom is 0.417 e. The van der Waals surface area contributed by atoms with Crippen molar-refractivity contribution in [2.24, 2.45) is 0 Å². The molecule has 1 fully saturated rings. The summed E-state index contributed by atoms with van der Waals surface area (Å²) in [6.07, 6.45) is -3.11. The van der Waals surface area contributed by atoms with Crippen molar-refractivity contribution >= 4 is 5.91 Å². The third-order valence-electron chi connectivity index (χ3n) is 5.30. The number of hydrogen-bond acceptors (Lipinski definition) is 4. The lowest BCUT2D eigenvalue weighted by molar-refractivity contribution is -0.137. The van der Waals surface area contributed by atoms with Crippen molar-refractivity contribution in [1.29, 1.82) is 0 Å². The maximum atomic E-state index is 13.8. The van der Waals surface area contributed by atoms with E-state index in [1.165, 1.54) is 18.2 Å². The van der Waals surface area contributed by atoms with Crippen LogP contribution in [0.4, 0.5) is 22.0 Å². The first-order chi connectivity index (χ1) is 16.2. The molecule has 10 heteroatoms. The molecule has 0 aliphatic carbocycles. The number of piperidine rings is 1. The second kappa shape index (κ2) is 9.66. The summed E-state index contributed by atoms with van der Waals surface area (Å²) in [4.78, 5) is 18.1. The zero-order valence-corrected chi connectivity index (χ0v) is 17.7. The number of hydrogen-bond donors (Lipinski definition) is 0. The van der Waals surface area contributed by atoms with Crippen molar-refractivity contribution in [1.82, 2.24) is 9.88 Å². The van der Waals surface area contributed by atoms with E-state index >= 15 is 0 Å². The minimum atomic E-state index is -4.48. The van der Waals surface area contributed by atoms with Crippen molar-refractivity contribution in [3.05, 3.63) is 83.6 Å². The van der Waals surface area contributed by atoms with Gasteiger partial charge in [-0.05, 0) is 42.5 Å². The molecule has 0 saturated carbocycles. The maximum absolute atomic E-state index is 13.8. The standard InChI is InChI=1S/C24H19F5N2O3/c25-17-4-7-21(20(26)13-17)33-19-9-11-31(12-10-19)23(32)15-1-5-18(6-2-15)34-22-8-3-16(14-30-22)24(27,28)29/h1-8,13-14,19H,9-12H2. The first kappa shape index (κ1) is 23.5. The molecule has 34 heavy (non-hydrogen) atoms. The summed E-state index contributed by atoms with van der Waals surface area (Å²) in [6.45, 7) is 0.806. The Labute approximate surface area is 191 Å². The molecule has 178 valence electrons. The Kier molecular flexibility index (Phi) is 6.67. The molecular formula is C24H19F5N2O3. The van der Waals surface area contributed by atoms with Crippen LogP contribution in [0.15, 0.2) is 60.8 Å². The fraction of sp³-hybridized carbons (Fsp3) is 0.250. The van der Waals surface area contributed by atoms with Gasteiger partial charge in [-0.3, -0.25) is 4.79 Å². The second-order valence-corrected chi connectivity index (χ2v) is 7.69. The number of aromatic nitrogens is 1. The number of pyridine rings is 1. The number of carbonyl (C=O) groups is 1. The van der Waals surface area contributed by atoms with Crippen molar-refractivity contribution < 1.29 is 36.2 Å². The van der Waals surface area contributed by atoms with E-state index in [1.54, 1.807) is 17.0 Å². The molecule has 1 saturated heterocycles. The van der Waals surface area contributed by atoms with Crippen LogP contribution in [0.2, 0.25) is 0 Å². The van der Waals surface area contributed by atoms with Crippen LogP contribution in [0.5, 0.6) is 17.4 Å². The summed E-state index contributed by atoms with van der Waals surface area (Å²) in [5.74, 6) is -1.37. The fourth-order valence-electron chi connectivity index (χ4n) is 3.50. The molecule has 4 rings (SSSR count). The van der Waals surface area contributed by atoms with Crippen molar-refractivity contribution in [2.45, 2.75) is 25.1 Å². The predicted octanol–water partition coefficient (Wildman–Crippen LogP) is 5.85. The smallest absolute Gasteiger partial charge is 0.417 e. The third-order valence-corrected chi connectivity index (χ3v) is 5.30. The van der Waals surface area contributed by atoms with Gasteiger partial charge < -0.3 is 14.4 Å². The molecule has 1 aromatic heterocycles. The Morgan fingerprint density at radius 2 is 1.68 bits per heavy atom. The highest BCUT2D eigenvalue weighted by Crippen LogP contribution is 2.30. The van der Waals surface area contributed by atoms with Crippen LogP contribution in [-0.2, 0) is 6.18 Å². The van der Waals surface area contributed by atoms with Gasteiger partial charge in [0.15, 0.2) is 11.6 Å². The first-order valence-electron chi connectivity index (χ1n) is 10.4. The molecule has 1 aliphatic rings. The highest BCUT2D eigenvalue weighted by atomic mass is 19.4. The lowest BCUT2D eigenvalue weighted by Gasteiger charge is -2.32. The number of nitrogens with zero attached hydrogens (tertiary/aromatic N) is 2. The zero-order chi connectivity index (χ0) is 24.3. The number of rotatable bonds is 5. The number of likely N-dealkylation sites (tertiary alicyclic amines) is 1. The normalized spacial score (nSPS) is 14.7. The summed E-state index contributed by atoms with van der Waals surface area (Å²) in [7, 11) is 0. The van der Waals surface area contributed by atoms with Gasteiger partial charge in [-0.1, -0.05) is 0 Å². The van der Waals surface area contributed by atoms with Gasteiger partial charge in [0.2, 0.25) is 5.88 Å². The van der Waals surface area contributed by atoms with Crippen LogP contribution in [0.1, 0.15) is 28.8 Å². The third kappa shape index (κ3) is 5.62. The SMILES string of the molecule is O=C(c1ccc(Oc2ccc(C(F)(F)F)cn2)cc1)N1CCC(Oc2ccc(F)cc2F)CC1. The van der Waals surface area contributed by atoms with E-state index in [0.717, 1.165) is 24.3 Å². The molecule has 1 aliphatic heterocycles. The van der Waals surface area contributed by atoms with E-state index in [1.807, 2.05) is 0 Å². The average molecular weight is 478 g/mol. The highest BCUT2D eigenvalue weighted by Gasteiger charge is 2.30. The van der Waals surface area contributed by atoms with Gasteiger partial charge in [-0.2, -0.15) is 13.2 Å². The molecule has 0 bridgehead atoms. The Morgan fingerprint density at radius 1 is 0.971 bits per heavy atom. The summed E-state index contributed by atoms with van der Waals surface area (Å²) >= 11 is 0. The van der Waals surface area contributed by atoms with Crippen LogP contribution >= 0.6 is 0 Å². The van der Waals surface area contributed by atoms with Crippen LogP contribution in [0.25, 0.3) is 0 Å². The van der Waals surface area contributed by atoms with Gasteiger partial charge in [-0.25, -0.2) is 13.8 Å². The molecule has 0 unspecified atom stereocenters. The van der Waals surface area contributed by atoms with Gasteiger partial charge in [0, 0.05) is 49.8 Å². The average Bonchev–Trinajstić information content (AvgIpc) is 2.81. The number of carbonyl (C=O) groups excluding carboxylic acids is 1.